The molecule has 0 radical (unpaired) electrons. The molecule has 0 saturated heterocycles. The predicted octanol–water partition coefficient (Wildman–Crippen LogP) is -1.45. The topological polar surface area (TPSA) is 129 Å². The summed E-state index contributed by atoms with van der Waals surface area (Å²) in [6.07, 6.45) is 0. The van der Waals surface area contributed by atoms with Gasteiger partial charge in [-0.3, -0.25) is 5.41 Å². The van der Waals surface area contributed by atoms with Crippen LogP contribution in [-0.2, 0) is 9.19 Å². The summed E-state index contributed by atoms with van der Waals surface area (Å²) in [5.41, 5.74) is 6.09. The molecule has 10 heavy (non-hydrogen) atoms. The minimum absolute atomic E-state index is 0. The standard InChI is InChI=1S/CH6N3O4P.H3P/c2-1(3)4-8-9(5,6)7;/h(H4,2,3,4)(H2,5,6,7);1H3. The Morgan fingerprint density at radius 3 is 2.20 bits per heavy atom. The zero-order valence-corrected chi connectivity index (χ0v) is 7.25. The molecule has 6 N–H and O–H groups in total. The van der Waals surface area contributed by atoms with Crippen LogP contribution < -0.4 is 11.2 Å². The quantitative estimate of drug-likeness (QED) is 0.156. The van der Waals surface area contributed by atoms with E-state index in [4.69, 9.17) is 15.2 Å². The SMILES string of the molecule is N=C(N)NOP(=O)(O)O.P. The third kappa shape index (κ3) is 10.7. The average molecular weight is 189 g/mol. The van der Waals surface area contributed by atoms with Gasteiger partial charge in [-0.1, -0.05) is 0 Å². The molecular weight excluding hydrogens is 180 g/mol. The Labute approximate surface area is 60.3 Å². The van der Waals surface area contributed by atoms with Crippen LogP contribution in [0.4, 0.5) is 0 Å². The second-order valence-corrected chi connectivity index (χ2v) is 2.26. The minimum Gasteiger partial charge on any atom is -0.368 e. The summed E-state index contributed by atoms with van der Waals surface area (Å²) in [6.45, 7) is 0. The van der Waals surface area contributed by atoms with Gasteiger partial charge < -0.3 is 15.5 Å². The zero-order chi connectivity index (χ0) is 7.49. The molecule has 1 atom stereocenters. The first-order valence-electron chi connectivity index (χ1n) is 1.76. The molecule has 0 saturated carbocycles. The van der Waals surface area contributed by atoms with Crippen LogP contribution in [0.25, 0.3) is 0 Å². The number of hydrogen-bond acceptors (Lipinski definition) is 3. The Morgan fingerprint density at radius 1 is 1.70 bits per heavy atom. The Bertz CT molecular complexity index is 153. The maximum atomic E-state index is 9.79. The van der Waals surface area contributed by atoms with E-state index in [1.807, 2.05) is 0 Å². The van der Waals surface area contributed by atoms with Crippen molar-refractivity contribution in [3.05, 3.63) is 0 Å². The second kappa shape index (κ2) is 4.60. The van der Waals surface area contributed by atoms with E-state index in [2.05, 4.69) is 10.4 Å². The van der Waals surface area contributed by atoms with Crippen LogP contribution in [0, 0.1) is 5.41 Å². The molecule has 0 aliphatic carbocycles. The maximum absolute atomic E-state index is 9.79. The Kier molecular flexibility index (Phi) is 5.74. The van der Waals surface area contributed by atoms with Gasteiger partial charge in [-0.15, -0.1) is 0 Å². The molecule has 0 aromatic carbocycles. The number of phosphoric acid groups is 1. The third-order valence-electron chi connectivity index (χ3n) is 0.275. The molecule has 0 amide bonds. The smallest absolute Gasteiger partial charge is 0.368 e. The summed E-state index contributed by atoms with van der Waals surface area (Å²) in [5, 5.41) is 6.37. The number of guanidine groups is 1. The van der Waals surface area contributed by atoms with Crippen LogP contribution in [0.3, 0.4) is 0 Å². The zero-order valence-electron chi connectivity index (χ0n) is 4.94. The summed E-state index contributed by atoms with van der Waals surface area (Å²) < 4.78 is 13.4. The molecular formula is CH9N3O4P2. The van der Waals surface area contributed by atoms with E-state index in [0.717, 1.165) is 0 Å². The minimum atomic E-state index is -4.55. The van der Waals surface area contributed by atoms with E-state index >= 15 is 0 Å². The van der Waals surface area contributed by atoms with E-state index in [1.165, 1.54) is 5.48 Å². The van der Waals surface area contributed by atoms with Gasteiger partial charge in [-0.25, -0.2) is 10.0 Å². The van der Waals surface area contributed by atoms with Crippen LogP contribution in [-0.4, -0.2) is 15.7 Å². The van der Waals surface area contributed by atoms with E-state index in [9.17, 15) is 4.57 Å². The van der Waals surface area contributed by atoms with Crippen molar-refractivity contribution in [3.63, 3.8) is 0 Å². The van der Waals surface area contributed by atoms with Crippen molar-refractivity contribution in [2.24, 2.45) is 5.73 Å². The summed E-state index contributed by atoms with van der Waals surface area (Å²) in [4.78, 5) is 15.9. The normalized spacial score (nSPS) is 9.80. The molecule has 62 valence electrons. The van der Waals surface area contributed by atoms with E-state index in [0.29, 0.717) is 0 Å². The molecule has 1 unspecified atom stereocenters. The molecule has 0 aromatic rings. The maximum Gasteiger partial charge on any atom is 0.491 e. The van der Waals surface area contributed by atoms with Crippen molar-refractivity contribution in [1.29, 1.82) is 5.41 Å². The van der Waals surface area contributed by atoms with Gasteiger partial charge >= 0.3 is 7.82 Å². The van der Waals surface area contributed by atoms with Gasteiger partial charge in [-0.2, -0.15) is 14.5 Å². The summed E-state index contributed by atoms with van der Waals surface area (Å²) in [5.74, 6) is -0.668. The Hall–Kier alpha value is -0.190. The highest BCUT2D eigenvalue weighted by atomic mass is 31.2. The van der Waals surface area contributed by atoms with Crippen molar-refractivity contribution in [3.8, 4) is 0 Å². The lowest BCUT2D eigenvalue weighted by Gasteiger charge is -2.03. The first-order chi connectivity index (χ1) is 3.92. The van der Waals surface area contributed by atoms with Gasteiger partial charge in [0.1, 0.15) is 0 Å². The molecule has 0 aliphatic rings. The third-order valence-corrected chi connectivity index (χ3v) is 0.604. The molecule has 0 bridgehead atoms. The predicted molar refractivity (Wildman–Crippen MR) is 39.3 cm³/mol. The summed E-state index contributed by atoms with van der Waals surface area (Å²) in [7, 11) is -4.55. The van der Waals surface area contributed by atoms with Crippen LogP contribution in [0.2, 0.25) is 0 Å². The monoisotopic (exact) mass is 189 g/mol. The van der Waals surface area contributed by atoms with Gasteiger partial charge in [0.15, 0.2) is 0 Å². The van der Waals surface area contributed by atoms with Crippen LogP contribution >= 0.6 is 17.7 Å². The van der Waals surface area contributed by atoms with Crippen LogP contribution in [0.15, 0.2) is 0 Å². The Morgan fingerprint density at radius 2 is 2.10 bits per heavy atom. The largest absolute Gasteiger partial charge is 0.491 e. The fraction of sp³-hybridized carbons (Fsp3) is 0. The molecule has 0 aliphatic heterocycles. The first-order valence-corrected chi connectivity index (χ1v) is 3.29. The number of hydrogen-bond donors (Lipinski definition) is 5. The van der Waals surface area contributed by atoms with Crippen molar-refractivity contribution in [2.45, 2.75) is 0 Å². The molecule has 0 rings (SSSR count). The number of nitrogens with two attached hydrogens (primary N) is 1. The van der Waals surface area contributed by atoms with Crippen LogP contribution in [0.5, 0.6) is 0 Å². The lowest BCUT2D eigenvalue weighted by Crippen LogP contribution is -2.29. The molecule has 0 heterocycles. The highest BCUT2D eigenvalue weighted by molar-refractivity contribution is 7.46. The fourth-order valence-corrected chi connectivity index (χ4v) is 0.326. The summed E-state index contributed by atoms with van der Waals surface area (Å²) >= 11 is 0. The number of nitrogens with one attached hydrogen (secondary N) is 2. The molecule has 0 aromatic heterocycles. The average Bonchev–Trinajstić information content (AvgIpc) is 1.59. The van der Waals surface area contributed by atoms with Crippen LogP contribution in [0.1, 0.15) is 0 Å². The van der Waals surface area contributed by atoms with Gasteiger partial charge in [0, 0.05) is 0 Å². The van der Waals surface area contributed by atoms with Crippen molar-refractivity contribution in [2.75, 3.05) is 0 Å². The molecule has 9 heteroatoms. The summed E-state index contributed by atoms with van der Waals surface area (Å²) in [6, 6.07) is 0. The van der Waals surface area contributed by atoms with Gasteiger partial charge in [0.05, 0.1) is 0 Å². The highest BCUT2D eigenvalue weighted by Gasteiger charge is 2.13. The fourth-order valence-electron chi connectivity index (χ4n) is 0.109. The van der Waals surface area contributed by atoms with Crippen molar-refractivity contribution in [1.82, 2.24) is 5.48 Å². The molecule has 0 spiro atoms. The lowest BCUT2D eigenvalue weighted by molar-refractivity contribution is 0.162. The van der Waals surface area contributed by atoms with E-state index in [1.54, 1.807) is 0 Å². The lowest BCUT2D eigenvalue weighted by atomic mass is 11.1. The van der Waals surface area contributed by atoms with Crippen molar-refractivity contribution >= 4 is 23.7 Å². The number of rotatable bonds is 2. The molecule has 7 nitrogen and oxygen atoms in total. The van der Waals surface area contributed by atoms with E-state index < -0.39 is 13.8 Å². The second-order valence-electron chi connectivity index (χ2n) is 1.10. The van der Waals surface area contributed by atoms with E-state index in [-0.39, 0.29) is 9.90 Å². The first kappa shape index (κ1) is 12.5. The highest BCUT2D eigenvalue weighted by Crippen LogP contribution is 2.33. The molecule has 0 fully saturated rings. The van der Waals surface area contributed by atoms with Gasteiger partial charge in [0.25, 0.3) is 0 Å². The number of hydroxylamine groups is 1. The van der Waals surface area contributed by atoms with Crippen molar-refractivity contribution < 1.29 is 19.0 Å². The van der Waals surface area contributed by atoms with Gasteiger partial charge in [-0.05, 0) is 0 Å². The van der Waals surface area contributed by atoms with Gasteiger partial charge in [0.2, 0.25) is 5.96 Å². The Balaban J connectivity index is 0.